The molecule has 0 spiro atoms. The zero-order valence-electron chi connectivity index (χ0n) is 14.9. The van der Waals surface area contributed by atoms with Crippen molar-refractivity contribution in [3.63, 3.8) is 0 Å². The maximum atomic E-state index is 12.4. The third kappa shape index (κ3) is 5.78. The van der Waals surface area contributed by atoms with Crippen molar-refractivity contribution in [2.75, 3.05) is 11.9 Å². The lowest BCUT2D eigenvalue weighted by molar-refractivity contribution is -0.123. The summed E-state index contributed by atoms with van der Waals surface area (Å²) in [5.74, 6) is -1.72. The van der Waals surface area contributed by atoms with Crippen molar-refractivity contribution in [1.29, 1.82) is 0 Å². The Morgan fingerprint density at radius 2 is 2.00 bits per heavy atom. The second kappa shape index (κ2) is 9.84. The number of pyridine rings is 1. The van der Waals surface area contributed by atoms with Crippen LogP contribution in [0.5, 0.6) is 11.5 Å². The Morgan fingerprint density at radius 3 is 2.64 bits per heavy atom. The minimum Gasteiger partial charge on any atom is -0.490 e. The highest BCUT2D eigenvalue weighted by Gasteiger charge is 2.21. The average molecular weight is 415 g/mol. The summed E-state index contributed by atoms with van der Waals surface area (Å²) in [6, 6.07) is 6.71. The lowest BCUT2D eigenvalue weighted by Crippen LogP contribution is -2.30. The lowest BCUT2D eigenvalue weighted by Gasteiger charge is -2.15. The molecule has 0 aliphatic heterocycles. The van der Waals surface area contributed by atoms with Gasteiger partial charge in [-0.05, 0) is 44.2 Å². The fourth-order valence-electron chi connectivity index (χ4n) is 2.09. The first-order valence-corrected chi connectivity index (χ1v) is 8.53. The molecule has 1 heterocycles. The number of hydrogen-bond acceptors (Lipinski definition) is 6. The Bertz CT molecular complexity index is 850. The number of amides is 1. The number of nitrogens with one attached hydrogen (secondary N) is 1. The monoisotopic (exact) mass is 414 g/mol. The van der Waals surface area contributed by atoms with E-state index in [1.54, 1.807) is 13.0 Å². The van der Waals surface area contributed by atoms with Crippen molar-refractivity contribution in [3.05, 3.63) is 47.2 Å². The quantitative estimate of drug-likeness (QED) is 0.520. The van der Waals surface area contributed by atoms with E-state index in [-0.39, 0.29) is 34.5 Å². The molecule has 0 unspecified atom stereocenters. The second-order valence-corrected chi connectivity index (χ2v) is 5.71. The summed E-state index contributed by atoms with van der Waals surface area (Å²) < 4.78 is 39.5. The lowest BCUT2D eigenvalue weighted by atomic mass is 10.2. The van der Waals surface area contributed by atoms with Crippen molar-refractivity contribution in [1.82, 2.24) is 4.98 Å². The number of hydrogen-bond donors (Lipinski definition) is 1. The maximum Gasteiger partial charge on any atom is 0.387 e. The van der Waals surface area contributed by atoms with Gasteiger partial charge >= 0.3 is 12.6 Å². The van der Waals surface area contributed by atoms with Gasteiger partial charge in [-0.2, -0.15) is 8.78 Å². The molecule has 1 aromatic heterocycles. The van der Waals surface area contributed by atoms with Crippen LogP contribution in [0.25, 0.3) is 0 Å². The van der Waals surface area contributed by atoms with Gasteiger partial charge in [-0.25, -0.2) is 9.78 Å². The second-order valence-electron chi connectivity index (χ2n) is 5.35. The van der Waals surface area contributed by atoms with Crippen molar-refractivity contribution in [2.24, 2.45) is 0 Å². The van der Waals surface area contributed by atoms with E-state index < -0.39 is 24.6 Å². The number of anilines is 1. The van der Waals surface area contributed by atoms with E-state index in [1.165, 1.54) is 31.3 Å². The molecule has 1 N–H and O–H groups in total. The third-order valence-corrected chi connectivity index (χ3v) is 3.67. The van der Waals surface area contributed by atoms with E-state index in [1.807, 2.05) is 0 Å². The van der Waals surface area contributed by atoms with Crippen LogP contribution >= 0.6 is 11.6 Å². The molecule has 10 heteroatoms. The van der Waals surface area contributed by atoms with E-state index in [2.05, 4.69) is 15.0 Å². The Kier molecular flexibility index (Phi) is 7.51. The van der Waals surface area contributed by atoms with Gasteiger partial charge in [-0.15, -0.1) is 0 Å². The molecule has 7 nitrogen and oxygen atoms in total. The number of carbonyl (C=O) groups excluding carboxylic acids is 2. The van der Waals surface area contributed by atoms with Crippen molar-refractivity contribution < 1.29 is 32.6 Å². The van der Waals surface area contributed by atoms with E-state index in [4.69, 9.17) is 21.1 Å². The summed E-state index contributed by atoms with van der Waals surface area (Å²) in [7, 11) is 0. The highest BCUT2D eigenvalue weighted by Crippen LogP contribution is 2.30. The van der Waals surface area contributed by atoms with Gasteiger partial charge in [-0.1, -0.05) is 11.6 Å². The van der Waals surface area contributed by atoms with Gasteiger partial charge in [0.15, 0.2) is 22.8 Å². The largest absolute Gasteiger partial charge is 0.490 e. The van der Waals surface area contributed by atoms with Gasteiger partial charge in [0.05, 0.1) is 17.9 Å². The van der Waals surface area contributed by atoms with Crippen LogP contribution in [0.4, 0.5) is 14.5 Å². The van der Waals surface area contributed by atoms with Crippen LogP contribution in [0, 0.1) is 0 Å². The maximum absolute atomic E-state index is 12.4. The first-order valence-electron chi connectivity index (χ1n) is 8.15. The molecule has 1 aromatic carbocycles. The van der Waals surface area contributed by atoms with Gasteiger partial charge in [0.25, 0.3) is 5.91 Å². The molecule has 28 heavy (non-hydrogen) atoms. The predicted octanol–water partition coefficient (Wildman–Crippen LogP) is 3.92. The van der Waals surface area contributed by atoms with Gasteiger partial charge in [0, 0.05) is 6.20 Å². The Morgan fingerprint density at radius 1 is 1.25 bits per heavy atom. The fraction of sp³-hybridized carbons (Fsp3) is 0.278. The zero-order chi connectivity index (χ0) is 20.7. The minimum atomic E-state index is -3.04. The summed E-state index contributed by atoms with van der Waals surface area (Å²) in [5, 5.41) is 2.58. The summed E-state index contributed by atoms with van der Waals surface area (Å²) in [4.78, 5) is 28.3. The summed E-state index contributed by atoms with van der Waals surface area (Å²) >= 11 is 5.86. The highest BCUT2D eigenvalue weighted by atomic mass is 35.5. The topological polar surface area (TPSA) is 86.8 Å². The molecule has 2 rings (SSSR count). The van der Waals surface area contributed by atoms with Crippen LogP contribution in [-0.4, -0.2) is 36.2 Å². The first kappa shape index (κ1) is 21.4. The standard InChI is InChI=1S/C18H17ClF2N2O5/c1-3-26-14-9-11(6-7-13(14)28-18(20)21)17(25)27-10(2)16(24)23-12-5-4-8-22-15(12)19/h4-10,18H,3H2,1-2H3,(H,23,24)/t10-/m0/s1. The number of halogens is 3. The summed E-state index contributed by atoms with van der Waals surface area (Å²) in [5.41, 5.74) is 0.272. The molecule has 0 radical (unpaired) electrons. The normalized spacial score (nSPS) is 11.6. The SMILES string of the molecule is CCOc1cc(C(=O)O[C@@H](C)C(=O)Nc2cccnc2Cl)ccc1OC(F)F. The Labute approximate surface area is 164 Å². The number of benzene rings is 1. The third-order valence-electron chi connectivity index (χ3n) is 3.37. The van der Waals surface area contributed by atoms with E-state index in [0.717, 1.165) is 6.07 Å². The van der Waals surface area contributed by atoms with Gasteiger partial charge in [-0.3, -0.25) is 4.79 Å². The van der Waals surface area contributed by atoms with Crippen LogP contribution in [0.15, 0.2) is 36.5 Å². The molecule has 0 aliphatic rings. The predicted molar refractivity (Wildman–Crippen MR) is 97.0 cm³/mol. The Hall–Kier alpha value is -2.94. The number of nitrogens with zero attached hydrogens (tertiary/aromatic N) is 1. The van der Waals surface area contributed by atoms with E-state index >= 15 is 0 Å². The fourth-order valence-corrected chi connectivity index (χ4v) is 2.26. The number of carbonyl (C=O) groups is 2. The molecule has 0 aliphatic carbocycles. The van der Waals surface area contributed by atoms with Crippen molar-refractivity contribution in [2.45, 2.75) is 26.6 Å². The number of ether oxygens (including phenoxy) is 3. The molecule has 150 valence electrons. The van der Waals surface area contributed by atoms with Crippen LogP contribution < -0.4 is 14.8 Å². The molecule has 0 bridgehead atoms. The molecule has 1 atom stereocenters. The Balaban J connectivity index is 2.07. The molecular formula is C18H17ClF2N2O5. The summed E-state index contributed by atoms with van der Waals surface area (Å²) in [6.07, 6.45) is 0.301. The molecule has 0 saturated carbocycles. The molecule has 1 amide bonds. The number of esters is 1. The van der Waals surface area contributed by atoms with Crippen LogP contribution in [0.3, 0.4) is 0 Å². The first-order chi connectivity index (χ1) is 13.3. The van der Waals surface area contributed by atoms with Crippen molar-refractivity contribution >= 4 is 29.2 Å². The average Bonchev–Trinajstić information content (AvgIpc) is 2.64. The van der Waals surface area contributed by atoms with Gasteiger partial charge < -0.3 is 19.5 Å². The van der Waals surface area contributed by atoms with Crippen LogP contribution in [0.2, 0.25) is 5.15 Å². The molecule has 0 saturated heterocycles. The minimum absolute atomic E-state index is 0.00382. The summed E-state index contributed by atoms with van der Waals surface area (Å²) in [6.45, 7) is 0.144. The van der Waals surface area contributed by atoms with Gasteiger partial charge in [0.2, 0.25) is 0 Å². The molecule has 2 aromatic rings. The van der Waals surface area contributed by atoms with Crippen LogP contribution in [-0.2, 0) is 9.53 Å². The molecular weight excluding hydrogens is 398 g/mol. The van der Waals surface area contributed by atoms with E-state index in [9.17, 15) is 18.4 Å². The van der Waals surface area contributed by atoms with Gasteiger partial charge in [0.1, 0.15) is 0 Å². The van der Waals surface area contributed by atoms with E-state index in [0.29, 0.717) is 0 Å². The highest BCUT2D eigenvalue weighted by molar-refractivity contribution is 6.32. The zero-order valence-corrected chi connectivity index (χ0v) is 15.7. The number of rotatable bonds is 8. The van der Waals surface area contributed by atoms with Crippen LogP contribution in [0.1, 0.15) is 24.2 Å². The number of alkyl halides is 2. The smallest absolute Gasteiger partial charge is 0.387 e. The van der Waals surface area contributed by atoms with Crippen molar-refractivity contribution in [3.8, 4) is 11.5 Å². The number of aromatic nitrogens is 1. The molecule has 0 fully saturated rings.